The number of likely N-dealkylation sites (tertiary alicyclic amines) is 1. The molecule has 7 atom stereocenters. The number of carbonyl (C=O) groups excluding carboxylic acids is 2. The second kappa shape index (κ2) is 7.71. The molecule has 11 nitrogen and oxygen atoms in total. The summed E-state index contributed by atoms with van der Waals surface area (Å²) in [5.74, 6) is -2.75. The predicted molar refractivity (Wildman–Crippen MR) is 117 cm³/mol. The van der Waals surface area contributed by atoms with Crippen molar-refractivity contribution in [3.8, 4) is 5.75 Å². The minimum Gasteiger partial charge on any atom is -0.497 e. The smallest absolute Gasteiger partial charge is 0.274 e. The van der Waals surface area contributed by atoms with E-state index in [2.05, 4.69) is 5.16 Å². The number of amides is 2. The number of oxime groups is 1. The van der Waals surface area contributed by atoms with Gasteiger partial charge in [0, 0.05) is 5.56 Å². The molecule has 1 aromatic carbocycles. The quantitative estimate of drug-likeness (QED) is 0.576. The molecule has 0 bridgehead atoms. The van der Waals surface area contributed by atoms with E-state index < -0.39 is 66.1 Å². The Labute approximate surface area is 202 Å². The van der Waals surface area contributed by atoms with Crippen LogP contribution in [0.3, 0.4) is 0 Å². The van der Waals surface area contributed by atoms with Crippen LogP contribution in [0.2, 0.25) is 0 Å². The van der Waals surface area contributed by atoms with Gasteiger partial charge < -0.3 is 33.3 Å². The highest BCUT2D eigenvalue weighted by atomic mass is 16.9. The van der Waals surface area contributed by atoms with Crippen molar-refractivity contribution < 1.29 is 42.8 Å². The van der Waals surface area contributed by atoms with E-state index in [4.69, 9.17) is 33.3 Å². The number of fused-ring (bicyclic) bond motifs is 4. The Morgan fingerprint density at radius 3 is 2.29 bits per heavy atom. The zero-order valence-electron chi connectivity index (χ0n) is 20.1. The summed E-state index contributed by atoms with van der Waals surface area (Å²) < 4.78 is 35.6. The highest BCUT2D eigenvalue weighted by Crippen LogP contribution is 2.45. The van der Waals surface area contributed by atoms with Crippen molar-refractivity contribution in [3.05, 3.63) is 29.8 Å². The Hall–Kier alpha value is -2.57. The van der Waals surface area contributed by atoms with Crippen LogP contribution in [0.25, 0.3) is 0 Å². The molecule has 4 fully saturated rings. The van der Waals surface area contributed by atoms with E-state index in [1.54, 1.807) is 59.1 Å². The number of benzene rings is 1. The number of ether oxygens (including phenoxy) is 6. The lowest BCUT2D eigenvalue weighted by Gasteiger charge is -2.38. The van der Waals surface area contributed by atoms with Crippen LogP contribution in [0, 0.1) is 5.92 Å². The molecule has 4 saturated heterocycles. The summed E-state index contributed by atoms with van der Waals surface area (Å²) in [4.78, 5) is 33.3. The van der Waals surface area contributed by atoms with E-state index in [9.17, 15) is 9.59 Å². The molecule has 5 aliphatic rings. The fourth-order valence-corrected chi connectivity index (χ4v) is 5.43. The second-order valence-corrected chi connectivity index (χ2v) is 10.2. The number of hydrogen-bond acceptors (Lipinski definition) is 10. The summed E-state index contributed by atoms with van der Waals surface area (Å²) in [6.45, 7) is 7.18. The molecule has 6 rings (SSSR count). The second-order valence-electron chi connectivity index (χ2n) is 10.2. The van der Waals surface area contributed by atoms with Gasteiger partial charge in [0.05, 0.1) is 13.7 Å². The van der Waals surface area contributed by atoms with Gasteiger partial charge in [-0.05, 0) is 52.0 Å². The largest absolute Gasteiger partial charge is 0.497 e. The molecule has 0 N–H and O–H groups in total. The maximum atomic E-state index is 13.5. The van der Waals surface area contributed by atoms with Gasteiger partial charge in [0.25, 0.3) is 5.91 Å². The SMILES string of the molecule is COc1ccc(C2=NO[C@H]3C(=O)N(C[C@H]4O[C@@H]5OC(C)(C)O[C@@H]5[C@H]5OC(C)(C)O[C@H]54)C(=O)[C@@H]23)cc1. The Kier molecular flexibility index (Phi) is 5.04. The van der Waals surface area contributed by atoms with Gasteiger partial charge >= 0.3 is 0 Å². The highest BCUT2D eigenvalue weighted by Gasteiger charge is 2.62. The number of hydrogen-bond donors (Lipinski definition) is 0. The average Bonchev–Trinajstić information content (AvgIpc) is 3.52. The van der Waals surface area contributed by atoms with Gasteiger partial charge in [-0.1, -0.05) is 5.16 Å². The van der Waals surface area contributed by atoms with Crippen molar-refractivity contribution in [2.75, 3.05) is 13.7 Å². The van der Waals surface area contributed by atoms with Crippen molar-refractivity contribution >= 4 is 17.5 Å². The molecule has 0 aliphatic carbocycles. The first kappa shape index (κ1) is 22.9. The van der Waals surface area contributed by atoms with Crippen molar-refractivity contribution in [1.29, 1.82) is 0 Å². The molecule has 0 radical (unpaired) electrons. The van der Waals surface area contributed by atoms with E-state index in [1.165, 1.54) is 4.90 Å². The van der Waals surface area contributed by atoms with E-state index in [-0.39, 0.29) is 6.54 Å². The van der Waals surface area contributed by atoms with Gasteiger partial charge in [-0.15, -0.1) is 0 Å². The molecular weight excluding hydrogens is 460 g/mol. The maximum absolute atomic E-state index is 13.5. The average molecular weight is 488 g/mol. The lowest BCUT2D eigenvalue weighted by Crippen LogP contribution is -2.58. The normalized spacial score (nSPS) is 38.6. The zero-order valence-corrected chi connectivity index (χ0v) is 20.1. The van der Waals surface area contributed by atoms with Crippen molar-refractivity contribution in [1.82, 2.24) is 4.90 Å². The lowest BCUT2D eigenvalue weighted by atomic mass is 9.94. The van der Waals surface area contributed by atoms with Gasteiger partial charge in [0.1, 0.15) is 41.8 Å². The summed E-state index contributed by atoms with van der Waals surface area (Å²) >= 11 is 0. The molecule has 5 aliphatic heterocycles. The Bertz CT molecular complexity index is 1080. The number of carbonyl (C=O) groups is 2. The molecule has 11 heteroatoms. The third-order valence-electron chi connectivity index (χ3n) is 6.90. The monoisotopic (exact) mass is 488 g/mol. The van der Waals surface area contributed by atoms with Crippen LogP contribution in [-0.4, -0.2) is 84.5 Å². The topological polar surface area (TPSA) is 114 Å². The van der Waals surface area contributed by atoms with Crippen LogP contribution in [0.1, 0.15) is 33.3 Å². The van der Waals surface area contributed by atoms with E-state index in [0.29, 0.717) is 17.0 Å². The van der Waals surface area contributed by atoms with Crippen LogP contribution in [0.5, 0.6) is 5.75 Å². The summed E-state index contributed by atoms with van der Waals surface area (Å²) in [5, 5.41) is 4.05. The fourth-order valence-electron chi connectivity index (χ4n) is 5.43. The fraction of sp³-hybridized carbons (Fsp3) is 0.625. The molecular formula is C24H28N2O9. The van der Waals surface area contributed by atoms with Gasteiger partial charge in [-0.3, -0.25) is 14.5 Å². The molecule has 0 saturated carbocycles. The molecule has 0 unspecified atom stereocenters. The van der Waals surface area contributed by atoms with Gasteiger partial charge in [-0.2, -0.15) is 0 Å². The molecule has 2 amide bonds. The van der Waals surface area contributed by atoms with Gasteiger partial charge in [-0.25, -0.2) is 0 Å². The Morgan fingerprint density at radius 2 is 1.57 bits per heavy atom. The number of methoxy groups -OCH3 is 1. The first-order valence-corrected chi connectivity index (χ1v) is 11.7. The summed E-state index contributed by atoms with van der Waals surface area (Å²) in [5.41, 5.74) is 1.10. The lowest BCUT2D eigenvalue weighted by molar-refractivity contribution is -0.236. The van der Waals surface area contributed by atoms with E-state index in [0.717, 1.165) is 0 Å². The first-order valence-electron chi connectivity index (χ1n) is 11.7. The summed E-state index contributed by atoms with van der Waals surface area (Å²) in [6, 6.07) is 7.09. The minimum atomic E-state index is -1.01. The minimum absolute atomic E-state index is 0.0302. The molecule has 188 valence electrons. The molecule has 5 heterocycles. The molecule has 1 aromatic rings. The standard InChI is InChI=1S/C24H28N2O9/c1-23(2)31-16-13(30-22-19(18(16)32-23)33-24(3,4)34-22)10-26-20(27)14-15(25-35-17(14)21(26)28)11-6-8-12(29-5)9-7-11/h6-9,13-14,16-19,22H,10H2,1-5H3/t13-,14+,16+,17-,18+,19-,22-/m1/s1. The highest BCUT2D eigenvalue weighted by molar-refractivity contribution is 6.23. The van der Waals surface area contributed by atoms with Crippen LogP contribution in [0.15, 0.2) is 29.4 Å². The van der Waals surface area contributed by atoms with Gasteiger partial charge in [0.15, 0.2) is 17.9 Å². The summed E-state index contributed by atoms with van der Waals surface area (Å²) in [6.07, 6.45) is -3.92. The third-order valence-corrected chi connectivity index (χ3v) is 6.90. The van der Waals surface area contributed by atoms with Crippen molar-refractivity contribution in [3.63, 3.8) is 0 Å². The van der Waals surface area contributed by atoms with E-state index >= 15 is 0 Å². The number of imide groups is 1. The predicted octanol–water partition coefficient (Wildman–Crippen LogP) is 1.18. The van der Waals surface area contributed by atoms with Gasteiger partial charge in [0.2, 0.25) is 12.0 Å². The maximum Gasteiger partial charge on any atom is 0.274 e. The molecule has 0 spiro atoms. The zero-order chi connectivity index (χ0) is 24.7. The molecule has 35 heavy (non-hydrogen) atoms. The molecule has 0 aromatic heterocycles. The first-order chi connectivity index (χ1) is 16.6. The Balaban J connectivity index is 1.24. The third kappa shape index (κ3) is 3.64. The summed E-state index contributed by atoms with van der Waals surface area (Å²) in [7, 11) is 1.57. The number of nitrogens with zero attached hydrogens (tertiary/aromatic N) is 2. The number of rotatable bonds is 4. The van der Waals surface area contributed by atoms with Crippen molar-refractivity contribution in [2.24, 2.45) is 11.1 Å². The van der Waals surface area contributed by atoms with Crippen LogP contribution >= 0.6 is 0 Å². The van der Waals surface area contributed by atoms with E-state index in [1.807, 2.05) is 0 Å². The van der Waals surface area contributed by atoms with Crippen LogP contribution in [-0.2, 0) is 38.1 Å². The van der Waals surface area contributed by atoms with Crippen molar-refractivity contribution in [2.45, 2.75) is 76.1 Å². The van der Waals surface area contributed by atoms with Crippen LogP contribution in [0.4, 0.5) is 0 Å². The van der Waals surface area contributed by atoms with Crippen LogP contribution < -0.4 is 4.74 Å². The Morgan fingerprint density at radius 1 is 0.914 bits per heavy atom.